The van der Waals surface area contributed by atoms with Gasteiger partial charge in [0.25, 0.3) is 0 Å². The Morgan fingerprint density at radius 1 is 1.10 bits per heavy atom. The van der Waals surface area contributed by atoms with Crippen molar-refractivity contribution >= 4 is 5.97 Å². The van der Waals surface area contributed by atoms with Crippen molar-refractivity contribution in [2.75, 3.05) is 0 Å². The molecule has 4 rings (SSSR count). The minimum Gasteiger partial charge on any atom is -0.478 e. The Morgan fingerprint density at radius 2 is 1.80 bits per heavy atom. The summed E-state index contributed by atoms with van der Waals surface area (Å²) in [5, 5.41) is 19.7. The highest BCUT2D eigenvalue weighted by Gasteiger charge is 2.47. The Labute approximate surface area is 178 Å². The third-order valence-electron chi connectivity index (χ3n) is 6.82. The molecule has 0 spiro atoms. The van der Waals surface area contributed by atoms with Crippen LogP contribution in [0.25, 0.3) is 0 Å². The van der Waals surface area contributed by atoms with Crippen LogP contribution in [0.4, 0.5) is 0 Å². The predicted molar refractivity (Wildman–Crippen MR) is 117 cm³/mol. The molecule has 4 heteroatoms. The van der Waals surface area contributed by atoms with Gasteiger partial charge in [-0.05, 0) is 54.9 Å². The van der Waals surface area contributed by atoms with Crippen LogP contribution in [-0.2, 0) is 11.2 Å². The highest BCUT2D eigenvalue weighted by molar-refractivity contribution is 5.87. The summed E-state index contributed by atoms with van der Waals surface area (Å²) in [5.41, 5.74) is 2.62. The number of aromatic carboxylic acids is 1. The van der Waals surface area contributed by atoms with Gasteiger partial charge in [-0.25, -0.2) is 4.79 Å². The van der Waals surface area contributed by atoms with E-state index in [1.807, 2.05) is 36.4 Å². The fourth-order valence-electron chi connectivity index (χ4n) is 4.97. The molecule has 2 aliphatic heterocycles. The van der Waals surface area contributed by atoms with E-state index in [2.05, 4.69) is 25.1 Å². The molecule has 0 aromatic heterocycles. The molecular weight excluding hydrogens is 376 g/mol. The average molecular weight is 407 g/mol. The van der Waals surface area contributed by atoms with Crippen molar-refractivity contribution in [3.05, 3.63) is 83.4 Å². The maximum absolute atomic E-state index is 11.0. The van der Waals surface area contributed by atoms with Crippen molar-refractivity contribution in [1.29, 1.82) is 0 Å². The Morgan fingerprint density at radius 3 is 2.50 bits per heavy atom. The third-order valence-corrected chi connectivity index (χ3v) is 6.82. The lowest BCUT2D eigenvalue weighted by molar-refractivity contribution is 0.0697. The first-order valence-electron chi connectivity index (χ1n) is 10.9. The standard InChI is InChI=1S/C26H30O4/c1-17(19-5-3-2-4-6-19)23(27)14-13-22-21(24-15-16-25(22)30-24)12-9-18-7-10-20(11-8-18)26(28)29/h2-8,10-11,13-14,17,21-25,27H,9,12,15-16H2,1H3,(H,28,29)/t17?,21-,22+,23?,24-,25+/m1/s1. The zero-order valence-electron chi connectivity index (χ0n) is 17.4. The van der Waals surface area contributed by atoms with Crippen molar-refractivity contribution in [3.63, 3.8) is 0 Å². The smallest absolute Gasteiger partial charge is 0.335 e. The lowest BCUT2D eigenvalue weighted by atomic mass is 9.76. The Bertz CT molecular complexity index is 874. The maximum Gasteiger partial charge on any atom is 0.335 e. The number of benzene rings is 2. The highest BCUT2D eigenvalue weighted by atomic mass is 16.5. The molecule has 2 N–H and O–H groups in total. The molecule has 2 fully saturated rings. The number of ether oxygens (including phenoxy) is 1. The van der Waals surface area contributed by atoms with Crippen LogP contribution in [0.15, 0.2) is 66.7 Å². The molecule has 2 saturated heterocycles. The van der Waals surface area contributed by atoms with Crippen LogP contribution in [0, 0.1) is 11.8 Å². The van der Waals surface area contributed by atoms with Crippen molar-refractivity contribution in [1.82, 2.24) is 0 Å². The molecule has 2 aromatic rings. The van der Waals surface area contributed by atoms with Gasteiger partial charge in [-0.15, -0.1) is 0 Å². The number of carbonyl (C=O) groups is 1. The number of hydrogen-bond acceptors (Lipinski definition) is 3. The zero-order valence-corrected chi connectivity index (χ0v) is 17.4. The summed E-state index contributed by atoms with van der Waals surface area (Å²) in [5.74, 6) is -0.0669. The van der Waals surface area contributed by atoms with Crippen LogP contribution in [0.3, 0.4) is 0 Å². The van der Waals surface area contributed by atoms with Crippen LogP contribution in [-0.4, -0.2) is 34.5 Å². The van der Waals surface area contributed by atoms with Crippen molar-refractivity contribution < 1.29 is 19.7 Å². The van der Waals surface area contributed by atoms with Gasteiger partial charge in [0, 0.05) is 11.8 Å². The average Bonchev–Trinajstić information content (AvgIpc) is 3.38. The summed E-state index contributed by atoms with van der Waals surface area (Å²) in [7, 11) is 0. The van der Waals surface area contributed by atoms with Crippen LogP contribution in [0.5, 0.6) is 0 Å². The van der Waals surface area contributed by atoms with E-state index in [0.29, 0.717) is 23.5 Å². The van der Waals surface area contributed by atoms with Gasteiger partial charge in [0.05, 0.1) is 23.9 Å². The minimum atomic E-state index is -0.892. The second-order valence-electron chi connectivity index (χ2n) is 8.65. The third kappa shape index (κ3) is 4.50. The molecule has 0 saturated carbocycles. The summed E-state index contributed by atoms with van der Waals surface area (Å²) >= 11 is 0. The van der Waals surface area contributed by atoms with Crippen molar-refractivity contribution in [2.45, 2.75) is 56.8 Å². The molecule has 6 atom stereocenters. The summed E-state index contributed by atoms with van der Waals surface area (Å²) in [6, 6.07) is 17.3. The van der Waals surface area contributed by atoms with Gasteiger partial charge in [-0.3, -0.25) is 0 Å². The van der Waals surface area contributed by atoms with E-state index in [4.69, 9.17) is 9.84 Å². The molecule has 2 aliphatic rings. The molecule has 2 heterocycles. The lowest BCUT2D eigenvalue weighted by Gasteiger charge is -2.26. The summed E-state index contributed by atoms with van der Waals surface area (Å²) in [4.78, 5) is 11.0. The predicted octanol–water partition coefficient (Wildman–Crippen LogP) is 4.83. The maximum atomic E-state index is 11.0. The molecule has 2 bridgehead atoms. The fraction of sp³-hybridized carbons (Fsp3) is 0.423. The molecule has 30 heavy (non-hydrogen) atoms. The molecule has 0 amide bonds. The molecule has 2 aromatic carbocycles. The number of fused-ring (bicyclic) bond motifs is 2. The van der Waals surface area contributed by atoms with E-state index in [9.17, 15) is 9.90 Å². The van der Waals surface area contributed by atoms with Crippen LogP contribution < -0.4 is 0 Å². The Hall–Kier alpha value is -2.43. The topological polar surface area (TPSA) is 66.8 Å². The molecule has 0 aliphatic carbocycles. The Kier molecular flexibility index (Phi) is 6.35. The van der Waals surface area contributed by atoms with Gasteiger partial charge >= 0.3 is 5.97 Å². The van der Waals surface area contributed by atoms with Gasteiger partial charge in [0.15, 0.2) is 0 Å². The van der Waals surface area contributed by atoms with Gasteiger partial charge in [0.1, 0.15) is 0 Å². The Balaban J connectivity index is 1.39. The summed E-state index contributed by atoms with van der Waals surface area (Å²) in [6.07, 6.45) is 8.30. The van der Waals surface area contributed by atoms with Gasteiger partial charge < -0.3 is 14.9 Å². The number of hydrogen-bond donors (Lipinski definition) is 2. The number of aliphatic hydroxyl groups excluding tert-OH is 1. The van der Waals surface area contributed by atoms with E-state index in [-0.39, 0.29) is 12.0 Å². The van der Waals surface area contributed by atoms with Gasteiger partial charge in [-0.1, -0.05) is 61.5 Å². The summed E-state index contributed by atoms with van der Waals surface area (Å²) < 4.78 is 6.20. The van der Waals surface area contributed by atoms with Crippen molar-refractivity contribution in [3.8, 4) is 0 Å². The van der Waals surface area contributed by atoms with E-state index < -0.39 is 12.1 Å². The number of carboxylic acids is 1. The van der Waals surface area contributed by atoms with E-state index in [1.165, 1.54) is 0 Å². The van der Waals surface area contributed by atoms with E-state index in [0.717, 1.165) is 36.8 Å². The monoisotopic (exact) mass is 406 g/mol. The molecular formula is C26H30O4. The molecule has 0 radical (unpaired) electrons. The molecule has 158 valence electrons. The van der Waals surface area contributed by atoms with E-state index in [1.54, 1.807) is 12.1 Å². The molecule has 4 nitrogen and oxygen atoms in total. The quantitative estimate of drug-likeness (QED) is 0.616. The normalized spacial score (nSPS) is 27.4. The number of rotatable bonds is 8. The van der Waals surface area contributed by atoms with Crippen LogP contribution in [0.2, 0.25) is 0 Å². The fourth-order valence-corrected chi connectivity index (χ4v) is 4.97. The second kappa shape index (κ2) is 9.15. The number of carboxylic acid groups (broad SMARTS) is 1. The first kappa shape index (κ1) is 20.8. The van der Waals surface area contributed by atoms with Gasteiger partial charge in [-0.2, -0.15) is 0 Å². The largest absolute Gasteiger partial charge is 0.478 e. The van der Waals surface area contributed by atoms with E-state index >= 15 is 0 Å². The first-order chi connectivity index (χ1) is 14.5. The first-order valence-corrected chi connectivity index (χ1v) is 10.9. The number of aryl methyl sites for hydroxylation is 1. The SMILES string of the molecule is CC(c1ccccc1)C(O)C=C[C@H]1[C@@H](CCc2ccc(C(=O)O)cc2)[C@H]2CC[C@@H]1O2. The minimum absolute atomic E-state index is 0.0492. The van der Waals surface area contributed by atoms with Crippen LogP contribution >= 0.6 is 0 Å². The number of aliphatic hydroxyl groups is 1. The highest BCUT2D eigenvalue weighted by Crippen LogP contribution is 2.46. The van der Waals surface area contributed by atoms with Crippen molar-refractivity contribution in [2.24, 2.45) is 11.8 Å². The lowest BCUT2D eigenvalue weighted by Crippen LogP contribution is -2.26. The molecule has 2 unspecified atom stereocenters. The second-order valence-corrected chi connectivity index (χ2v) is 8.65. The van der Waals surface area contributed by atoms with Crippen LogP contribution in [0.1, 0.15) is 53.6 Å². The zero-order chi connectivity index (χ0) is 21.1. The van der Waals surface area contributed by atoms with Gasteiger partial charge in [0.2, 0.25) is 0 Å². The summed E-state index contributed by atoms with van der Waals surface area (Å²) in [6.45, 7) is 2.06.